The number of carbonyl (C=O) groups is 1. The number of hydrogen-bond donors (Lipinski definition) is 0. The van der Waals surface area contributed by atoms with Gasteiger partial charge in [0, 0.05) is 71.3 Å². The lowest BCUT2D eigenvalue weighted by molar-refractivity contribution is -0.138. The van der Waals surface area contributed by atoms with E-state index in [2.05, 4.69) is 48.9 Å². The van der Waals surface area contributed by atoms with Crippen molar-refractivity contribution in [1.29, 1.82) is 0 Å². The number of hydrogen-bond acceptors (Lipinski definition) is 6. The van der Waals surface area contributed by atoms with Crippen LogP contribution in [0.2, 0.25) is 0 Å². The van der Waals surface area contributed by atoms with E-state index in [-0.39, 0.29) is 11.9 Å². The van der Waals surface area contributed by atoms with Crippen LogP contribution in [0.15, 0.2) is 48.8 Å². The molecule has 7 nitrogen and oxygen atoms in total. The summed E-state index contributed by atoms with van der Waals surface area (Å²) in [5.74, 6) is 1.04. The maximum absolute atomic E-state index is 13.0. The van der Waals surface area contributed by atoms with E-state index < -0.39 is 0 Å². The summed E-state index contributed by atoms with van der Waals surface area (Å²) in [6.07, 6.45) is 3.55. The van der Waals surface area contributed by atoms with Gasteiger partial charge in [-0.05, 0) is 18.6 Å². The lowest BCUT2D eigenvalue weighted by Crippen LogP contribution is -2.57. The van der Waals surface area contributed by atoms with Crippen molar-refractivity contribution >= 4 is 11.9 Å². The first kappa shape index (κ1) is 19.8. The summed E-state index contributed by atoms with van der Waals surface area (Å²) >= 11 is 0. The quantitative estimate of drug-likeness (QED) is 0.763. The lowest BCUT2D eigenvalue weighted by atomic mass is 10.1. The Labute approximate surface area is 172 Å². The van der Waals surface area contributed by atoms with Gasteiger partial charge in [-0.25, -0.2) is 9.97 Å². The second-order valence-electron chi connectivity index (χ2n) is 7.83. The van der Waals surface area contributed by atoms with E-state index in [0.717, 1.165) is 64.9 Å². The average Bonchev–Trinajstić information content (AvgIpc) is 2.80. The van der Waals surface area contributed by atoms with E-state index in [1.54, 1.807) is 12.4 Å². The van der Waals surface area contributed by atoms with Crippen LogP contribution in [-0.4, -0.2) is 89.0 Å². The van der Waals surface area contributed by atoms with Gasteiger partial charge in [0.1, 0.15) is 0 Å². The van der Waals surface area contributed by atoms with E-state index in [9.17, 15) is 4.79 Å². The van der Waals surface area contributed by atoms with Crippen LogP contribution in [0.1, 0.15) is 12.5 Å². The molecule has 0 spiro atoms. The van der Waals surface area contributed by atoms with Crippen molar-refractivity contribution in [3.05, 3.63) is 54.4 Å². The lowest BCUT2D eigenvalue weighted by Gasteiger charge is -2.41. The van der Waals surface area contributed by atoms with E-state index in [0.29, 0.717) is 0 Å². The largest absolute Gasteiger partial charge is 0.339 e. The zero-order chi connectivity index (χ0) is 20.1. The van der Waals surface area contributed by atoms with Crippen LogP contribution >= 0.6 is 0 Å². The second-order valence-corrected chi connectivity index (χ2v) is 7.83. The Balaban J connectivity index is 1.24. The van der Waals surface area contributed by atoms with Gasteiger partial charge in [0.2, 0.25) is 11.9 Å². The predicted octanol–water partition coefficient (Wildman–Crippen LogP) is 1.33. The molecule has 4 rings (SSSR count). The summed E-state index contributed by atoms with van der Waals surface area (Å²) in [4.78, 5) is 30.7. The van der Waals surface area contributed by atoms with Crippen LogP contribution in [0.3, 0.4) is 0 Å². The first-order valence-corrected chi connectivity index (χ1v) is 10.5. The number of benzene rings is 1. The van der Waals surface area contributed by atoms with Gasteiger partial charge in [0.15, 0.2) is 0 Å². The fourth-order valence-electron chi connectivity index (χ4n) is 4.15. The Hall–Kier alpha value is -2.51. The molecule has 0 unspecified atom stereocenters. The number of piperazine rings is 2. The Morgan fingerprint density at radius 3 is 2.21 bits per heavy atom. The highest BCUT2D eigenvalue weighted by Crippen LogP contribution is 2.15. The molecule has 1 amide bonds. The summed E-state index contributed by atoms with van der Waals surface area (Å²) < 4.78 is 0. The van der Waals surface area contributed by atoms with Crippen molar-refractivity contribution in [2.75, 3.05) is 57.3 Å². The number of carbonyl (C=O) groups excluding carboxylic acids is 1. The zero-order valence-electron chi connectivity index (χ0n) is 17.2. The Morgan fingerprint density at radius 1 is 0.897 bits per heavy atom. The first-order valence-electron chi connectivity index (χ1n) is 10.5. The Morgan fingerprint density at radius 2 is 1.55 bits per heavy atom. The molecule has 0 saturated carbocycles. The molecule has 2 saturated heterocycles. The van der Waals surface area contributed by atoms with Crippen LogP contribution in [0.5, 0.6) is 0 Å². The summed E-state index contributed by atoms with van der Waals surface area (Å²) in [5, 5.41) is 0. The van der Waals surface area contributed by atoms with Gasteiger partial charge >= 0.3 is 0 Å². The number of aromatic nitrogens is 2. The van der Waals surface area contributed by atoms with Crippen LogP contribution in [0.25, 0.3) is 0 Å². The molecular weight excluding hydrogens is 364 g/mol. The highest BCUT2D eigenvalue weighted by atomic mass is 16.2. The van der Waals surface area contributed by atoms with Crippen LogP contribution in [0.4, 0.5) is 5.95 Å². The van der Waals surface area contributed by atoms with Gasteiger partial charge < -0.3 is 9.80 Å². The molecular formula is C22H30N6O. The smallest absolute Gasteiger partial charge is 0.239 e. The van der Waals surface area contributed by atoms with Crippen LogP contribution < -0.4 is 4.90 Å². The summed E-state index contributed by atoms with van der Waals surface area (Å²) in [5.41, 5.74) is 1.33. The number of anilines is 1. The van der Waals surface area contributed by atoms with Crippen molar-refractivity contribution in [2.45, 2.75) is 19.5 Å². The molecule has 2 aliphatic heterocycles. The van der Waals surface area contributed by atoms with E-state index >= 15 is 0 Å². The Kier molecular flexibility index (Phi) is 6.36. The maximum Gasteiger partial charge on any atom is 0.239 e. The molecule has 154 valence electrons. The van der Waals surface area contributed by atoms with Gasteiger partial charge in [-0.15, -0.1) is 0 Å². The monoisotopic (exact) mass is 394 g/mol. The fraction of sp³-hybridized carbons (Fsp3) is 0.500. The van der Waals surface area contributed by atoms with Crippen molar-refractivity contribution in [3.63, 3.8) is 0 Å². The standard InChI is InChI=1S/C22H30N6O/c1-19(26-14-16-28(17-15-26)22-23-8-5-9-24-22)21(29)27-12-10-25(11-13-27)18-20-6-3-2-4-7-20/h2-9,19H,10-18H2,1H3/t19-/m1/s1. The molecule has 2 fully saturated rings. The van der Waals surface area contributed by atoms with Crippen molar-refractivity contribution in [2.24, 2.45) is 0 Å². The minimum absolute atomic E-state index is 0.0745. The minimum Gasteiger partial charge on any atom is -0.339 e. The van der Waals surface area contributed by atoms with E-state index in [4.69, 9.17) is 0 Å². The summed E-state index contributed by atoms with van der Waals surface area (Å²) in [6, 6.07) is 12.3. The van der Waals surface area contributed by atoms with Crippen molar-refractivity contribution in [1.82, 2.24) is 24.7 Å². The van der Waals surface area contributed by atoms with Gasteiger partial charge in [-0.3, -0.25) is 14.6 Å². The molecule has 0 N–H and O–H groups in total. The molecule has 29 heavy (non-hydrogen) atoms. The van der Waals surface area contributed by atoms with Gasteiger partial charge in [-0.2, -0.15) is 0 Å². The van der Waals surface area contributed by atoms with Crippen LogP contribution in [0, 0.1) is 0 Å². The zero-order valence-corrected chi connectivity index (χ0v) is 17.2. The summed E-state index contributed by atoms with van der Waals surface area (Å²) in [6.45, 7) is 9.94. The Bertz CT molecular complexity index is 770. The van der Waals surface area contributed by atoms with Crippen molar-refractivity contribution < 1.29 is 4.79 Å². The van der Waals surface area contributed by atoms with E-state index in [1.165, 1.54) is 5.56 Å². The highest BCUT2D eigenvalue weighted by Gasteiger charge is 2.30. The van der Waals surface area contributed by atoms with Gasteiger partial charge in [0.25, 0.3) is 0 Å². The number of amides is 1. The molecule has 1 atom stereocenters. The molecule has 3 heterocycles. The third kappa shape index (κ3) is 4.92. The fourth-order valence-corrected chi connectivity index (χ4v) is 4.15. The number of nitrogens with zero attached hydrogens (tertiary/aromatic N) is 6. The third-order valence-corrected chi connectivity index (χ3v) is 5.99. The summed E-state index contributed by atoms with van der Waals surface area (Å²) in [7, 11) is 0. The molecule has 7 heteroatoms. The van der Waals surface area contributed by atoms with Crippen LogP contribution in [-0.2, 0) is 11.3 Å². The molecule has 1 aromatic heterocycles. The second kappa shape index (κ2) is 9.33. The third-order valence-electron chi connectivity index (χ3n) is 5.99. The first-order chi connectivity index (χ1) is 14.2. The SMILES string of the molecule is C[C@H](C(=O)N1CCN(Cc2ccccc2)CC1)N1CCN(c2ncccn2)CC1. The minimum atomic E-state index is -0.0745. The molecule has 1 aromatic carbocycles. The molecule has 0 bridgehead atoms. The molecule has 0 radical (unpaired) electrons. The van der Waals surface area contributed by atoms with Gasteiger partial charge in [0.05, 0.1) is 6.04 Å². The van der Waals surface area contributed by atoms with Gasteiger partial charge in [-0.1, -0.05) is 30.3 Å². The maximum atomic E-state index is 13.0. The topological polar surface area (TPSA) is 55.8 Å². The predicted molar refractivity (Wildman–Crippen MR) is 114 cm³/mol. The van der Waals surface area contributed by atoms with E-state index in [1.807, 2.05) is 24.0 Å². The molecule has 2 aliphatic rings. The highest BCUT2D eigenvalue weighted by molar-refractivity contribution is 5.81. The number of rotatable bonds is 5. The molecule has 2 aromatic rings. The average molecular weight is 395 g/mol. The normalized spacial score (nSPS) is 19.9. The van der Waals surface area contributed by atoms with Crippen molar-refractivity contribution in [3.8, 4) is 0 Å². The molecule has 0 aliphatic carbocycles.